The largest absolute Gasteiger partial charge is 0.324 e. The van der Waals surface area contributed by atoms with Crippen LogP contribution in [0.2, 0.25) is 0 Å². The Hall–Kier alpha value is -1.04. The minimum absolute atomic E-state index is 0.0225. The molecule has 0 saturated carbocycles. The molecular formula is C28H48F2O3. The van der Waals surface area contributed by atoms with E-state index in [9.17, 15) is 8.78 Å². The lowest BCUT2D eigenvalue weighted by Gasteiger charge is -2.43. The molecule has 1 aromatic carbocycles. The molecule has 0 amide bonds. The zero-order valence-corrected chi connectivity index (χ0v) is 22.1. The van der Waals surface area contributed by atoms with Gasteiger partial charge in [0.2, 0.25) is 0 Å². The third-order valence-corrected chi connectivity index (χ3v) is 5.55. The number of unbranched alkanes of at least 4 members (excludes halogenated alkanes) is 5. The van der Waals surface area contributed by atoms with Crippen molar-refractivity contribution in [3.8, 4) is 0 Å². The molecular weight excluding hydrogens is 422 g/mol. The summed E-state index contributed by atoms with van der Waals surface area (Å²) in [5.41, 5.74) is 0.677. The van der Waals surface area contributed by atoms with Crippen LogP contribution in [0.4, 0.5) is 8.78 Å². The Bertz CT molecular complexity index is 599. The van der Waals surface area contributed by atoms with E-state index in [2.05, 4.69) is 6.92 Å². The quantitative estimate of drug-likeness (QED) is 0.159. The molecule has 1 aromatic rings. The number of halogens is 2. The average molecular weight is 471 g/mol. The molecule has 1 unspecified atom stereocenters. The summed E-state index contributed by atoms with van der Waals surface area (Å²) < 4.78 is 46.4. The van der Waals surface area contributed by atoms with Gasteiger partial charge in [-0.1, -0.05) is 45.4 Å². The molecule has 3 nitrogen and oxygen atoms in total. The van der Waals surface area contributed by atoms with Crippen LogP contribution in [-0.2, 0) is 20.6 Å². The van der Waals surface area contributed by atoms with E-state index >= 15 is 0 Å². The Kier molecular flexibility index (Phi) is 14.3. The highest BCUT2D eigenvalue weighted by Crippen LogP contribution is 2.37. The minimum atomic E-state index is -1.13. The van der Waals surface area contributed by atoms with Crippen LogP contribution >= 0.6 is 0 Å². The van der Waals surface area contributed by atoms with Crippen molar-refractivity contribution in [3.63, 3.8) is 0 Å². The molecule has 192 valence electrons. The number of rotatable bonds is 18. The van der Waals surface area contributed by atoms with Gasteiger partial charge in [0, 0.05) is 12.0 Å². The molecule has 1 rings (SSSR count). The molecule has 0 N–H and O–H groups in total. The normalized spacial score (nSPS) is 13.5. The second-order valence-electron chi connectivity index (χ2n) is 10.0. The van der Waals surface area contributed by atoms with E-state index in [1.165, 1.54) is 44.2 Å². The molecule has 0 heterocycles. The monoisotopic (exact) mass is 470 g/mol. The van der Waals surface area contributed by atoms with Gasteiger partial charge < -0.3 is 14.2 Å². The third kappa shape index (κ3) is 12.3. The maximum atomic E-state index is 13.6. The van der Waals surface area contributed by atoms with Gasteiger partial charge in [0.05, 0.1) is 18.3 Å². The van der Waals surface area contributed by atoms with Crippen LogP contribution in [0, 0.1) is 17.6 Å². The summed E-state index contributed by atoms with van der Waals surface area (Å²) in [4.78, 5) is 0. The topological polar surface area (TPSA) is 27.7 Å². The highest BCUT2D eigenvalue weighted by Gasteiger charge is 2.44. The summed E-state index contributed by atoms with van der Waals surface area (Å²) in [6, 6.07) is 3.75. The van der Waals surface area contributed by atoms with Gasteiger partial charge in [-0.25, -0.2) is 8.78 Å². The SMILES string of the molecule is CCCCCCCCC(CCCc1cc(F)cc(F)c1)C(OC(C)C)(OC(C)C)OC(C)C. The second kappa shape index (κ2) is 15.8. The summed E-state index contributed by atoms with van der Waals surface area (Å²) in [5.74, 6) is -2.17. The number of benzene rings is 1. The molecule has 33 heavy (non-hydrogen) atoms. The summed E-state index contributed by atoms with van der Waals surface area (Å²) in [5, 5.41) is 0. The van der Waals surface area contributed by atoms with E-state index in [-0.39, 0.29) is 24.2 Å². The molecule has 0 saturated heterocycles. The second-order valence-corrected chi connectivity index (χ2v) is 10.0. The fourth-order valence-electron chi connectivity index (χ4n) is 4.33. The van der Waals surface area contributed by atoms with Gasteiger partial charge >= 0.3 is 0 Å². The van der Waals surface area contributed by atoms with E-state index in [4.69, 9.17) is 14.2 Å². The van der Waals surface area contributed by atoms with Crippen molar-refractivity contribution in [2.45, 2.75) is 137 Å². The Morgan fingerprint density at radius 3 is 1.61 bits per heavy atom. The zero-order valence-electron chi connectivity index (χ0n) is 22.1. The molecule has 0 aliphatic rings. The molecule has 0 fully saturated rings. The van der Waals surface area contributed by atoms with Crippen LogP contribution in [-0.4, -0.2) is 24.3 Å². The Morgan fingerprint density at radius 2 is 1.12 bits per heavy atom. The molecule has 1 atom stereocenters. The predicted molar refractivity (Wildman–Crippen MR) is 132 cm³/mol. The fourth-order valence-corrected chi connectivity index (χ4v) is 4.33. The van der Waals surface area contributed by atoms with Crippen LogP contribution < -0.4 is 0 Å². The number of hydrogen-bond donors (Lipinski definition) is 0. The lowest BCUT2D eigenvalue weighted by atomic mass is 9.91. The van der Waals surface area contributed by atoms with E-state index in [1.807, 2.05) is 41.5 Å². The maximum absolute atomic E-state index is 13.6. The summed E-state index contributed by atoms with van der Waals surface area (Å²) >= 11 is 0. The van der Waals surface area contributed by atoms with Gasteiger partial charge in [-0.2, -0.15) is 0 Å². The van der Waals surface area contributed by atoms with Crippen molar-refractivity contribution in [1.82, 2.24) is 0 Å². The number of aryl methyl sites for hydroxylation is 1. The van der Waals surface area contributed by atoms with Crippen LogP contribution in [0.25, 0.3) is 0 Å². The first kappa shape index (κ1) is 30.0. The molecule has 0 bridgehead atoms. The van der Waals surface area contributed by atoms with Crippen molar-refractivity contribution < 1.29 is 23.0 Å². The minimum Gasteiger partial charge on any atom is -0.324 e. The van der Waals surface area contributed by atoms with Crippen molar-refractivity contribution in [3.05, 3.63) is 35.4 Å². The van der Waals surface area contributed by atoms with Crippen LogP contribution in [0.15, 0.2) is 18.2 Å². The molecule has 0 aliphatic heterocycles. The van der Waals surface area contributed by atoms with E-state index in [0.29, 0.717) is 12.0 Å². The summed E-state index contributed by atoms with van der Waals surface area (Å²) in [7, 11) is 0. The smallest absolute Gasteiger partial charge is 0.286 e. The summed E-state index contributed by atoms with van der Waals surface area (Å²) in [6.45, 7) is 14.2. The van der Waals surface area contributed by atoms with E-state index in [0.717, 1.165) is 31.7 Å². The standard InChI is InChI=1S/C28H48F2O3/c1-8-9-10-11-12-13-16-25(17-14-15-24-18-26(29)20-27(30)19-24)28(31-21(2)3,32-22(4)5)33-23(6)7/h18-23,25H,8-17H2,1-7H3. The van der Waals surface area contributed by atoms with Gasteiger partial charge in [0.1, 0.15) is 11.6 Å². The molecule has 0 aliphatic carbocycles. The first-order chi connectivity index (χ1) is 15.6. The average Bonchev–Trinajstić information content (AvgIpc) is 2.66. The van der Waals surface area contributed by atoms with Crippen molar-refractivity contribution in [2.24, 2.45) is 5.92 Å². The lowest BCUT2D eigenvalue weighted by Crippen LogP contribution is -2.51. The van der Waals surface area contributed by atoms with Crippen LogP contribution in [0.3, 0.4) is 0 Å². The number of hydrogen-bond acceptors (Lipinski definition) is 3. The van der Waals surface area contributed by atoms with Crippen molar-refractivity contribution in [1.29, 1.82) is 0 Å². The molecule has 0 aromatic heterocycles. The maximum Gasteiger partial charge on any atom is 0.286 e. The van der Waals surface area contributed by atoms with Gasteiger partial charge in [-0.3, -0.25) is 0 Å². The Balaban J connectivity index is 3.01. The number of ether oxygens (including phenoxy) is 3. The van der Waals surface area contributed by atoms with Crippen molar-refractivity contribution >= 4 is 0 Å². The van der Waals surface area contributed by atoms with Gasteiger partial charge in [-0.15, -0.1) is 0 Å². The summed E-state index contributed by atoms with van der Waals surface area (Å²) in [6.07, 6.45) is 10.2. The zero-order chi connectivity index (χ0) is 24.9. The Labute approximate surface area is 201 Å². The Morgan fingerprint density at radius 1 is 0.667 bits per heavy atom. The van der Waals surface area contributed by atoms with Crippen LogP contribution in [0.1, 0.15) is 112 Å². The fraction of sp³-hybridized carbons (Fsp3) is 0.786. The van der Waals surface area contributed by atoms with Gasteiger partial charge in [-0.05, 0) is 84.9 Å². The molecule has 5 heteroatoms. The van der Waals surface area contributed by atoms with Gasteiger partial charge in [0.25, 0.3) is 5.97 Å². The first-order valence-electron chi connectivity index (χ1n) is 13.1. The molecule has 0 spiro atoms. The van der Waals surface area contributed by atoms with E-state index < -0.39 is 17.6 Å². The lowest BCUT2D eigenvalue weighted by molar-refractivity contribution is -0.433. The van der Waals surface area contributed by atoms with Crippen LogP contribution in [0.5, 0.6) is 0 Å². The van der Waals surface area contributed by atoms with E-state index in [1.54, 1.807) is 0 Å². The highest BCUT2D eigenvalue weighted by atomic mass is 19.1. The third-order valence-electron chi connectivity index (χ3n) is 5.55. The first-order valence-corrected chi connectivity index (χ1v) is 13.1. The predicted octanol–water partition coefficient (Wildman–Crippen LogP) is 8.58. The van der Waals surface area contributed by atoms with Gasteiger partial charge in [0.15, 0.2) is 0 Å². The van der Waals surface area contributed by atoms with Crippen molar-refractivity contribution in [2.75, 3.05) is 0 Å². The highest BCUT2D eigenvalue weighted by molar-refractivity contribution is 5.17. The molecule has 0 radical (unpaired) electrons.